The zero-order valence-electron chi connectivity index (χ0n) is 15.5. The lowest BCUT2D eigenvalue weighted by atomic mass is 10.1. The van der Waals surface area contributed by atoms with Crippen molar-refractivity contribution in [3.05, 3.63) is 75.3 Å². The summed E-state index contributed by atoms with van der Waals surface area (Å²) in [6, 6.07) is 13.6. The van der Waals surface area contributed by atoms with Crippen molar-refractivity contribution in [2.45, 2.75) is 33.3 Å². The van der Waals surface area contributed by atoms with Gasteiger partial charge in [-0.2, -0.15) is 0 Å². The SMILES string of the molecule is Cc1cc(C)cc(OC(C)C(=O)Nc2ncc(Cc3ccccc3Cl)s2)c1. The number of nitrogens with zero attached hydrogens (tertiary/aromatic N) is 1. The molecule has 0 saturated heterocycles. The highest BCUT2D eigenvalue weighted by atomic mass is 35.5. The molecule has 1 heterocycles. The van der Waals surface area contributed by atoms with Crippen LogP contribution in [0.15, 0.2) is 48.7 Å². The Balaban J connectivity index is 1.61. The monoisotopic (exact) mass is 400 g/mol. The first-order chi connectivity index (χ1) is 12.9. The minimum absolute atomic E-state index is 0.229. The number of thiazole rings is 1. The van der Waals surface area contributed by atoms with Crippen LogP contribution in [-0.2, 0) is 11.2 Å². The van der Waals surface area contributed by atoms with E-state index in [0.29, 0.717) is 17.3 Å². The molecule has 0 aliphatic rings. The highest BCUT2D eigenvalue weighted by Crippen LogP contribution is 2.25. The molecule has 0 bridgehead atoms. The zero-order chi connectivity index (χ0) is 19.4. The topological polar surface area (TPSA) is 51.2 Å². The van der Waals surface area contributed by atoms with Gasteiger partial charge in [0.1, 0.15) is 5.75 Å². The van der Waals surface area contributed by atoms with Crippen LogP contribution in [0.3, 0.4) is 0 Å². The van der Waals surface area contributed by atoms with Crippen LogP contribution < -0.4 is 10.1 Å². The lowest BCUT2D eigenvalue weighted by Gasteiger charge is -2.14. The minimum atomic E-state index is -0.623. The Morgan fingerprint density at radius 1 is 1.22 bits per heavy atom. The van der Waals surface area contributed by atoms with Crippen molar-refractivity contribution in [3.8, 4) is 5.75 Å². The molecule has 140 valence electrons. The van der Waals surface area contributed by atoms with E-state index in [1.807, 2.05) is 50.2 Å². The molecule has 1 N–H and O–H groups in total. The number of nitrogens with one attached hydrogen (secondary N) is 1. The van der Waals surface area contributed by atoms with Crippen molar-refractivity contribution in [1.82, 2.24) is 4.98 Å². The summed E-state index contributed by atoms with van der Waals surface area (Å²) in [6.07, 6.45) is 1.82. The lowest BCUT2D eigenvalue weighted by Crippen LogP contribution is -2.30. The summed E-state index contributed by atoms with van der Waals surface area (Å²) in [6.45, 7) is 5.73. The van der Waals surface area contributed by atoms with Crippen LogP contribution in [0.4, 0.5) is 5.13 Å². The number of aromatic nitrogens is 1. The minimum Gasteiger partial charge on any atom is -0.481 e. The van der Waals surface area contributed by atoms with Gasteiger partial charge in [-0.15, -0.1) is 11.3 Å². The van der Waals surface area contributed by atoms with Crippen LogP contribution in [0.2, 0.25) is 5.02 Å². The number of carbonyl (C=O) groups excluding carboxylic acids is 1. The molecule has 3 aromatic rings. The number of rotatable bonds is 6. The van der Waals surface area contributed by atoms with Gasteiger partial charge in [-0.25, -0.2) is 4.98 Å². The number of carbonyl (C=O) groups is 1. The highest BCUT2D eigenvalue weighted by Gasteiger charge is 2.17. The third-order valence-corrected chi connectivity index (χ3v) is 5.26. The van der Waals surface area contributed by atoms with E-state index in [1.54, 1.807) is 13.1 Å². The Morgan fingerprint density at radius 2 is 1.93 bits per heavy atom. The van der Waals surface area contributed by atoms with Gasteiger partial charge >= 0.3 is 0 Å². The number of hydrogen-bond acceptors (Lipinski definition) is 4. The normalized spacial score (nSPS) is 11.9. The van der Waals surface area contributed by atoms with E-state index in [9.17, 15) is 4.79 Å². The summed E-state index contributed by atoms with van der Waals surface area (Å²) < 4.78 is 5.78. The Morgan fingerprint density at radius 3 is 2.63 bits per heavy atom. The second kappa shape index (κ2) is 8.55. The first-order valence-corrected chi connectivity index (χ1v) is 9.84. The summed E-state index contributed by atoms with van der Waals surface area (Å²) >= 11 is 7.64. The molecule has 27 heavy (non-hydrogen) atoms. The molecular formula is C21H21ClN2O2S. The molecule has 0 spiro atoms. The molecule has 4 nitrogen and oxygen atoms in total. The van der Waals surface area contributed by atoms with Gasteiger partial charge in [0, 0.05) is 22.5 Å². The van der Waals surface area contributed by atoms with Gasteiger partial charge in [-0.3, -0.25) is 10.1 Å². The van der Waals surface area contributed by atoms with Gasteiger partial charge < -0.3 is 4.74 Å². The fourth-order valence-electron chi connectivity index (χ4n) is 2.74. The van der Waals surface area contributed by atoms with Gasteiger partial charge in [-0.05, 0) is 55.7 Å². The van der Waals surface area contributed by atoms with Crippen molar-refractivity contribution >= 4 is 34.0 Å². The highest BCUT2D eigenvalue weighted by molar-refractivity contribution is 7.15. The van der Waals surface area contributed by atoms with Gasteiger partial charge in [0.25, 0.3) is 5.91 Å². The number of amides is 1. The van der Waals surface area contributed by atoms with Gasteiger partial charge in [0.05, 0.1) is 0 Å². The van der Waals surface area contributed by atoms with Crippen LogP contribution in [-0.4, -0.2) is 17.0 Å². The van der Waals surface area contributed by atoms with Crippen molar-refractivity contribution < 1.29 is 9.53 Å². The molecule has 1 amide bonds. The van der Waals surface area contributed by atoms with E-state index in [0.717, 1.165) is 26.6 Å². The first-order valence-electron chi connectivity index (χ1n) is 8.64. The van der Waals surface area contributed by atoms with E-state index in [1.165, 1.54) is 11.3 Å². The summed E-state index contributed by atoms with van der Waals surface area (Å²) in [4.78, 5) is 17.7. The lowest BCUT2D eigenvalue weighted by molar-refractivity contribution is -0.122. The van der Waals surface area contributed by atoms with Crippen molar-refractivity contribution in [2.24, 2.45) is 0 Å². The molecule has 0 saturated carbocycles. The second-order valence-corrected chi connectivity index (χ2v) is 8.00. The molecule has 2 aromatic carbocycles. The molecule has 3 rings (SSSR count). The third-order valence-electron chi connectivity index (χ3n) is 3.98. The van der Waals surface area contributed by atoms with Gasteiger partial charge in [-0.1, -0.05) is 35.9 Å². The standard InChI is InChI=1S/C21H21ClN2O2S/c1-13-8-14(2)10-17(9-13)26-15(3)20(25)24-21-23-12-18(27-21)11-16-6-4-5-7-19(16)22/h4-10,12,15H,11H2,1-3H3,(H,23,24,25). The fourth-order valence-corrected chi connectivity index (χ4v) is 3.78. The summed E-state index contributed by atoms with van der Waals surface area (Å²) in [7, 11) is 0. The number of ether oxygens (including phenoxy) is 1. The van der Waals surface area contributed by atoms with Gasteiger partial charge in [0.15, 0.2) is 11.2 Å². The zero-order valence-corrected chi connectivity index (χ0v) is 17.0. The molecule has 0 aliphatic carbocycles. The van der Waals surface area contributed by atoms with E-state index in [4.69, 9.17) is 16.3 Å². The Hall–Kier alpha value is -2.37. The van der Waals surface area contributed by atoms with Gasteiger partial charge in [0.2, 0.25) is 0 Å². The molecular weight excluding hydrogens is 380 g/mol. The Bertz CT molecular complexity index is 935. The number of hydrogen-bond donors (Lipinski definition) is 1. The van der Waals surface area contributed by atoms with Crippen molar-refractivity contribution in [3.63, 3.8) is 0 Å². The molecule has 1 aromatic heterocycles. The van der Waals surface area contributed by atoms with E-state index >= 15 is 0 Å². The first kappa shape index (κ1) is 19.4. The molecule has 1 unspecified atom stereocenters. The average molecular weight is 401 g/mol. The molecule has 0 aliphatic heterocycles. The molecule has 0 fully saturated rings. The fraction of sp³-hybridized carbons (Fsp3) is 0.238. The van der Waals surface area contributed by atoms with Crippen LogP contribution in [0.5, 0.6) is 5.75 Å². The van der Waals surface area contributed by atoms with E-state index in [2.05, 4.69) is 16.4 Å². The van der Waals surface area contributed by atoms with Crippen molar-refractivity contribution in [1.29, 1.82) is 0 Å². The molecule has 1 atom stereocenters. The number of aryl methyl sites for hydroxylation is 2. The summed E-state index contributed by atoms with van der Waals surface area (Å²) in [5.74, 6) is 0.460. The van der Waals surface area contributed by atoms with E-state index in [-0.39, 0.29) is 5.91 Å². The van der Waals surface area contributed by atoms with Crippen LogP contribution in [0.25, 0.3) is 0 Å². The number of halogens is 1. The molecule has 6 heteroatoms. The third kappa shape index (κ3) is 5.31. The quantitative estimate of drug-likeness (QED) is 0.601. The smallest absolute Gasteiger partial charge is 0.266 e. The maximum absolute atomic E-state index is 12.4. The van der Waals surface area contributed by atoms with E-state index < -0.39 is 6.10 Å². The maximum atomic E-state index is 12.4. The predicted molar refractivity (Wildman–Crippen MR) is 111 cm³/mol. The summed E-state index contributed by atoms with van der Waals surface area (Å²) in [5.41, 5.74) is 3.23. The summed E-state index contributed by atoms with van der Waals surface area (Å²) in [5, 5.41) is 4.10. The van der Waals surface area contributed by atoms with Crippen molar-refractivity contribution in [2.75, 3.05) is 5.32 Å². The largest absolute Gasteiger partial charge is 0.481 e. The maximum Gasteiger partial charge on any atom is 0.266 e. The predicted octanol–water partition coefficient (Wildman–Crippen LogP) is 5.41. The number of benzene rings is 2. The molecule has 0 radical (unpaired) electrons. The second-order valence-electron chi connectivity index (χ2n) is 6.47. The Labute approximate surface area is 168 Å². The number of anilines is 1. The van der Waals surface area contributed by atoms with Crippen LogP contribution in [0.1, 0.15) is 28.5 Å². The average Bonchev–Trinajstić information content (AvgIpc) is 3.03. The van der Waals surface area contributed by atoms with Crippen LogP contribution >= 0.6 is 22.9 Å². The Kier molecular flexibility index (Phi) is 6.14. The van der Waals surface area contributed by atoms with Crippen LogP contribution in [0, 0.1) is 13.8 Å².